The summed E-state index contributed by atoms with van der Waals surface area (Å²) in [6, 6.07) is 8.60. The van der Waals surface area contributed by atoms with Gasteiger partial charge in [-0.3, -0.25) is 0 Å². The fourth-order valence-electron chi connectivity index (χ4n) is 3.96. The van der Waals surface area contributed by atoms with Crippen LogP contribution in [-0.4, -0.2) is 8.80 Å². The lowest BCUT2D eigenvalue weighted by Crippen LogP contribution is -2.35. The van der Waals surface area contributed by atoms with Crippen molar-refractivity contribution in [2.75, 3.05) is 0 Å². The van der Waals surface area contributed by atoms with E-state index in [0.29, 0.717) is 5.92 Å². The maximum atomic E-state index is 2.45. The predicted molar refractivity (Wildman–Crippen MR) is 98.0 cm³/mol. The lowest BCUT2D eigenvalue weighted by atomic mass is 10.1. The highest BCUT2D eigenvalue weighted by atomic mass is 28.3. The lowest BCUT2D eigenvalue weighted by molar-refractivity contribution is 0.849. The average Bonchev–Trinajstić information content (AvgIpc) is 2.60. The van der Waals surface area contributed by atoms with Gasteiger partial charge in [0.25, 0.3) is 0 Å². The SMILES string of the molecule is CCC[SiH](C1=C(C)C(C)=C(C)C1C)c1cc(C)cc(C)c1. The van der Waals surface area contributed by atoms with E-state index in [1.54, 1.807) is 27.1 Å². The molecule has 2 unspecified atom stereocenters. The molecule has 0 saturated carbocycles. The summed E-state index contributed by atoms with van der Waals surface area (Å²) >= 11 is 0. The number of allylic oxidation sites excluding steroid dienone is 4. The van der Waals surface area contributed by atoms with E-state index in [1.165, 1.54) is 23.6 Å². The van der Waals surface area contributed by atoms with Crippen molar-refractivity contribution in [3.05, 3.63) is 51.2 Å². The van der Waals surface area contributed by atoms with E-state index < -0.39 is 8.80 Å². The lowest BCUT2D eigenvalue weighted by Gasteiger charge is -2.24. The molecule has 1 aromatic rings. The molecule has 1 heteroatoms. The molecule has 1 aliphatic rings. The molecule has 0 heterocycles. The van der Waals surface area contributed by atoms with Crippen LogP contribution >= 0.6 is 0 Å². The molecule has 21 heavy (non-hydrogen) atoms. The zero-order valence-electron chi connectivity index (χ0n) is 14.8. The summed E-state index contributed by atoms with van der Waals surface area (Å²) in [7, 11) is -1.06. The van der Waals surface area contributed by atoms with Crippen molar-refractivity contribution in [1.82, 2.24) is 0 Å². The van der Waals surface area contributed by atoms with Gasteiger partial charge in [0.1, 0.15) is 0 Å². The van der Waals surface area contributed by atoms with Crippen LogP contribution in [0.1, 0.15) is 52.2 Å². The summed E-state index contributed by atoms with van der Waals surface area (Å²) in [5, 5.41) is 3.45. The zero-order valence-corrected chi connectivity index (χ0v) is 16.0. The molecular weight excluding hydrogens is 268 g/mol. The monoisotopic (exact) mass is 298 g/mol. The van der Waals surface area contributed by atoms with Gasteiger partial charge in [0.15, 0.2) is 0 Å². The molecule has 0 aliphatic heterocycles. The van der Waals surface area contributed by atoms with E-state index in [-0.39, 0.29) is 0 Å². The maximum absolute atomic E-state index is 2.45. The zero-order chi connectivity index (χ0) is 15.7. The highest BCUT2D eigenvalue weighted by Crippen LogP contribution is 2.38. The summed E-state index contributed by atoms with van der Waals surface area (Å²) in [5.74, 6) is 0.661. The van der Waals surface area contributed by atoms with Gasteiger partial charge >= 0.3 is 0 Å². The molecule has 0 radical (unpaired) electrons. The Labute approximate surface area is 132 Å². The van der Waals surface area contributed by atoms with Crippen LogP contribution in [0.15, 0.2) is 40.1 Å². The van der Waals surface area contributed by atoms with Gasteiger partial charge in [-0.05, 0) is 46.1 Å². The minimum Gasteiger partial charge on any atom is -0.0690 e. The Hall–Kier alpha value is -1.08. The molecule has 114 valence electrons. The predicted octanol–water partition coefficient (Wildman–Crippen LogP) is 4.99. The standard InChI is InChI=1S/C20H30Si/c1-8-9-21(19-11-13(2)10-14(3)12-19)20-17(6)15(4)16(5)18(20)7/h10-12,17,21H,8-9H2,1-7H3. The minimum absolute atomic E-state index is 0.661. The van der Waals surface area contributed by atoms with Crippen molar-refractivity contribution in [2.45, 2.75) is 60.9 Å². The molecule has 0 fully saturated rings. The summed E-state index contributed by atoms with van der Waals surface area (Å²) in [4.78, 5) is 0. The highest BCUT2D eigenvalue weighted by Gasteiger charge is 2.30. The molecule has 0 aromatic heterocycles. The normalized spacial score (nSPS) is 20.4. The van der Waals surface area contributed by atoms with Crippen molar-refractivity contribution in [2.24, 2.45) is 5.92 Å². The largest absolute Gasteiger partial charge is 0.0987 e. The molecule has 0 spiro atoms. The molecule has 2 atom stereocenters. The summed E-state index contributed by atoms with van der Waals surface area (Å²) < 4.78 is 0. The first-order valence-electron chi connectivity index (χ1n) is 8.33. The molecular formula is C20H30Si. The van der Waals surface area contributed by atoms with Crippen LogP contribution in [-0.2, 0) is 0 Å². The first-order chi connectivity index (χ1) is 9.86. The van der Waals surface area contributed by atoms with Crippen molar-refractivity contribution >= 4 is 14.0 Å². The van der Waals surface area contributed by atoms with Crippen LogP contribution in [0.3, 0.4) is 0 Å². The second kappa shape index (κ2) is 6.35. The Morgan fingerprint density at radius 2 is 1.48 bits per heavy atom. The van der Waals surface area contributed by atoms with Crippen molar-refractivity contribution in [1.29, 1.82) is 0 Å². The second-order valence-electron chi connectivity index (χ2n) is 6.87. The molecule has 0 amide bonds. The number of rotatable bonds is 4. The maximum Gasteiger partial charge on any atom is 0.0987 e. The third-order valence-electron chi connectivity index (χ3n) is 5.30. The Balaban J connectivity index is 2.50. The quantitative estimate of drug-likeness (QED) is 0.687. The van der Waals surface area contributed by atoms with Crippen LogP contribution in [0.25, 0.3) is 0 Å². The highest BCUT2D eigenvalue weighted by molar-refractivity contribution is 6.80. The van der Waals surface area contributed by atoms with Gasteiger partial charge in [-0.2, -0.15) is 0 Å². The van der Waals surface area contributed by atoms with Crippen molar-refractivity contribution < 1.29 is 0 Å². The minimum atomic E-state index is -1.06. The van der Waals surface area contributed by atoms with E-state index in [4.69, 9.17) is 0 Å². The van der Waals surface area contributed by atoms with Gasteiger partial charge in [0.2, 0.25) is 0 Å². The molecule has 0 nitrogen and oxygen atoms in total. The van der Waals surface area contributed by atoms with Crippen LogP contribution in [0, 0.1) is 19.8 Å². The average molecular weight is 299 g/mol. The van der Waals surface area contributed by atoms with Crippen molar-refractivity contribution in [3.8, 4) is 0 Å². The van der Waals surface area contributed by atoms with Crippen LogP contribution < -0.4 is 5.19 Å². The van der Waals surface area contributed by atoms with Crippen LogP contribution in [0.4, 0.5) is 0 Å². The number of aryl methyl sites for hydroxylation is 2. The molecule has 2 rings (SSSR count). The van der Waals surface area contributed by atoms with Crippen LogP contribution in [0.5, 0.6) is 0 Å². The van der Waals surface area contributed by atoms with E-state index in [2.05, 4.69) is 66.7 Å². The number of hydrogen-bond acceptors (Lipinski definition) is 0. The third kappa shape index (κ3) is 3.08. The van der Waals surface area contributed by atoms with E-state index in [0.717, 1.165) is 0 Å². The van der Waals surface area contributed by atoms with Gasteiger partial charge in [-0.1, -0.05) is 77.2 Å². The molecule has 1 aliphatic carbocycles. The Morgan fingerprint density at radius 1 is 0.905 bits per heavy atom. The van der Waals surface area contributed by atoms with Gasteiger partial charge in [-0.15, -0.1) is 0 Å². The second-order valence-corrected chi connectivity index (χ2v) is 9.84. The van der Waals surface area contributed by atoms with Gasteiger partial charge in [0, 0.05) is 0 Å². The number of hydrogen-bond donors (Lipinski definition) is 0. The Kier molecular flexibility index (Phi) is 4.93. The number of benzene rings is 1. The summed E-state index contributed by atoms with van der Waals surface area (Å²) in [6.45, 7) is 16.2. The fourth-order valence-corrected chi connectivity index (χ4v) is 8.06. The summed E-state index contributed by atoms with van der Waals surface area (Å²) in [6.07, 6.45) is 1.30. The van der Waals surface area contributed by atoms with E-state index in [1.807, 2.05) is 0 Å². The fraction of sp³-hybridized carbons (Fsp3) is 0.500. The van der Waals surface area contributed by atoms with Gasteiger partial charge < -0.3 is 0 Å². The first-order valence-corrected chi connectivity index (χ1v) is 10.3. The topological polar surface area (TPSA) is 0 Å². The van der Waals surface area contributed by atoms with E-state index >= 15 is 0 Å². The summed E-state index contributed by atoms with van der Waals surface area (Å²) in [5.41, 5.74) is 7.59. The Bertz CT molecular complexity index is 584. The van der Waals surface area contributed by atoms with Crippen molar-refractivity contribution in [3.63, 3.8) is 0 Å². The molecule has 0 bridgehead atoms. The molecule has 1 aromatic carbocycles. The third-order valence-corrected chi connectivity index (χ3v) is 9.28. The van der Waals surface area contributed by atoms with Gasteiger partial charge in [-0.25, -0.2) is 0 Å². The van der Waals surface area contributed by atoms with Crippen LogP contribution in [0.2, 0.25) is 6.04 Å². The molecule has 0 saturated heterocycles. The van der Waals surface area contributed by atoms with E-state index in [9.17, 15) is 0 Å². The smallest absolute Gasteiger partial charge is 0.0690 e. The Morgan fingerprint density at radius 3 is 1.90 bits per heavy atom. The first kappa shape index (κ1) is 16.3. The molecule has 0 N–H and O–H groups in total. The van der Waals surface area contributed by atoms with Gasteiger partial charge in [0.05, 0.1) is 8.80 Å².